The molecule has 0 saturated heterocycles. The van der Waals surface area contributed by atoms with Crippen LogP contribution < -0.4 is 0 Å². The van der Waals surface area contributed by atoms with E-state index in [-0.39, 0.29) is 0 Å². The summed E-state index contributed by atoms with van der Waals surface area (Å²) in [4.78, 5) is 0. The van der Waals surface area contributed by atoms with E-state index in [0.717, 1.165) is 6.42 Å². The first kappa shape index (κ1) is 9.97. The predicted molar refractivity (Wildman–Crippen MR) is 66.7 cm³/mol. The zero-order valence-corrected chi connectivity index (χ0v) is 9.33. The first-order valence-corrected chi connectivity index (χ1v) is 5.38. The van der Waals surface area contributed by atoms with Crippen LogP contribution >= 0.6 is 0 Å². The number of aryl methyl sites for hydroxylation is 1. The van der Waals surface area contributed by atoms with Gasteiger partial charge in [0.1, 0.15) is 0 Å². The quantitative estimate of drug-likeness (QED) is 0.628. The Hall–Kier alpha value is -1.56. The molecule has 0 unspecified atom stereocenters. The fraction of sp³-hybridized carbons (Fsp3) is 0.200. The van der Waals surface area contributed by atoms with Gasteiger partial charge in [0.15, 0.2) is 0 Å². The molecule has 0 bridgehead atoms. The van der Waals surface area contributed by atoms with Crippen molar-refractivity contribution in [3.8, 4) is 0 Å². The highest BCUT2D eigenvalue weighted by Gasteiger charge is 1.99. The van der Waals surface area contributed by atoms with Crippen molar-refractivity contribution in [3.05, 3.63) is 65.3 Å². The van der Waals surface area contributed by atoms with Crippen molar-refractivity contribution in [1.29, 1.82) is 0 Å². The molecule has 1 aromatic rings. The fourth-order valence-corrected chi connectivity index (χ4v) is 1.77. The highest BCUT2D eigenvalue weighted by Crippen LogP contribution is 2.21. The summed E-state index contributed by atoms with van der Waals surface area (Å²) in [5, 5.41) is 0. The Morgan fingerprint density at radius 3 is 2.67 bits per heavy atom. The Bertz CT molecular complexity index is 445. The molecule has 0 saturated carbocycles. The largest absolute Gasteiger partial charge is 0.0778 e. The summed E-state index contributed by atoms with van der Waals surface area (Å²) in [5.74, 6) is 0. The normalized spacial score (nSPS) is 15.6. The van der Waals surface area contributed by atoms with Gasteiger partial charge >= 0.3 is 0 Å². The lowest BCUT2D eigenvalue weighted by molar-refractivity contribution is 1.35. The van der Waals surface area contributed by atoms with Crippen LogP contribution in [0, 0.1) is 6.92 Å². The van der Waals surface area contributed by atoms with Gasteiger partial charge in [-0.15, -0.1) is 0 Å². The standard InChI is InChI=1S/C15H16/c1-12-5-3-7-14(10-9-12)15-8-4-6-13(2)11-15/h4-11H,3H2,1-2H3. The number of rotatable bonds is 1. The van der Waals surface area contributed by atoms with Crippen molar-refractivity contribution in [2.45, 2.75) is 20.3 Å². The minimum absolute atomic E-state index is 1.03. The second-order valence-electron chi connectivity index (χ2n) is 4.05. The van der Waals surface area contributed by atoms with E-state index >= 15 is 0 Å². The smallest absolute Gasteiger partial charge is 0.0154 e. The number of hydrogen-bond acceptors (Lipinski definition) is 0. The van der Waals surface area contributed by atoms with E-state index in [1.807, 2.05) is 0 Å². The van der Waals surface area contributed by atoms with Crippen LogP contribution in [0.4, 0.5) is 0 Å². The van der Waals surface area contributed by atoms with E-state index in [1.54, 1.807) is 0 Å². The van der Waals surface area contributed by atoms with E-state index < -0.39 is 0 Å². The summed E-state index contributed by atoms with van der Waals surface area (Å²) in [7, 11) is 0. The molecule has 0 amide bonds. The van der Waals surface area contributed by atoms with Crippen molar-refractivity contribution in [3.63, 3.8) is 0 Å². The fourth-order valence-electron chi connectivity index (χ4n) is 1.77. The van der Waals surface area contributed by atoms with E-state index in [2.05, 4.69) is 62.4 Å². The van der Waals surface area contributed by atoms with Gasteiger partial charge in [0.05, 0.1) is 0 Å². The van der Waals surface area contributed by atoms with Crippen molar-refractivity contribution in [1.82, 2.24) is 0 Å². The molecule has 2 rings (SSSR count). The number of allylic oxidation sites excluding steroid dienone is 6. The Kier molecular flexibility index (Phi) is 2.86. The molecule has 76 valence electrons. The second kappa shape index (κ2) is 4.31. The number of hydrogen-bond donors (Lipinski definition) is 0. The summed E-state index contributed by atoms with van der Waals surface area (Å²) in [6.07, 6.45) is 9.94. The minimum Gasteiger partial charge on any atom is -0.0778 e. The maximum absolute atomic E-state index is 2.28. The monoisotopic (exact) mass is 196 g/mol. The van der Waals surface area contributed by atoms with Gasteiger partial charge in [0, 0.05) is 0 Å². The molecule has 1 aliphatic carbocycles. The zero-order valence-electron chi connectivity index (χ0n) is 9.33. The van der Waals surface area contributed by atoms with E-state index in [0.29, 0.717) is 0 Å². The first-order chi connectivity index (χ1) is 7.25. The van der Waals surface area contributed by atoms with Gasteiger partial charge < -0.3 is 0 Å². The molecule has 0 atom stereocenters. The Morgan fingerprint density at radius 2 is 1.87 bits per heavy atom. The molecule has 0 fully saturated rings. The lowest BCUT2D eigenvalue weighted by Gasteiger charge is -2.02. The van der Waals surface area contributed by atoms with Crippen LogP contribution in [0.1, 0.15) is 24.5 Å². The van der Waals surface area contributed by atoms with Crippen LogP contribution in [-0.4, -0.2) is 0 Å². The van der Waals surface area contributed by atoms with Gasteiger partial charge in [-0.1, -0.05) is 59.7 Å². The summed E-state index contributed by atoms with van der Waals surface area (Å²) in [6.45, 7) is 4.28. The Labute approximate surface area is 91.6 Å². The molecule has 0 nitrogen and oxygen atoms in total. The highest BCUT2D eigenvalue weighted by atomic mass is 14.0. The van der Waals surface area contributed by atoms with E-state index in [9.17, 15) is 0 Å². The van der Waals surface area contributed by atoms with Crippen LogP contribution in [0.25, 0.3) is 5.57 Å². The first-order valence-electron chi connectivity index (χ1n) is 5.38. The molecule has 0 aliphatic heterocycles. The van der Waals surface area contributed by atoms with Crippen molar-refractivity contribution in [2.75, 3.05) is 0 Å². The summed E-state index contributed by atoms with van der Waals surface area (Å²) < 4.78 is 0. The Balaban J connectivity index is 2.33. The minimum atomic E-state index is 1.03. The van der Waals surface area contributed by atoms with Gasteiger partial charge in [-0.25, -0.2) is 0 Å². The Morgan fingerprint density at radius 1 is 1.00 bits per heavy atom. The molecule has 0 spiro atoms. The molecule has 1 aliphatic rings. The average molecular weight is 196 g/mol. The lowest BCUT2D eigenvalue weighted by atomic mass is 10.0. The molecule has 0 radical (unpaired) electrons. The lowest BCUT2D eigenvalue weighted by Crippen LogP contribution is -1.81. The SMILES string of the molecule is CC1=CCC=C(c2cccc(C)c2)C=C1. The topological polar surface area (TPSA) is 0 Å². The predicted octanol–water partition coefficient (Wildman–Crippen LogP) is 4.28. The van der Waals surface area contributed by atoms with E-state index in [4.69, 9.17) is 0 Å². The van der Waals surface area contributed by atoms with Gasteiger partial charge in [-0.05, 0) is 31.4 Å². The highest BCUT2D eigenvalue weighted by molar-refractivity contribution is 5.75. The van der Waals surface area contributed by atoms with Crippen LogP contribution in [-0.2, 0) is 0 Å². The molecule has 0 aromatic heterocycles. The second-order valence-corrected chi connectivity index (χ2v) is 4.05. The molecule has 15 heavy (non-hydrogen) atoms. The molecule has 0 N–H and O–H groups in total. The van der Waals surface area contributed by atoms with Crippen LogP contribution in [0.5, 0.6) is 0 Å². The summed E-state index contributed by atoms with van der Waals surface area (Å²) in [5.41, 5.74) is 5.30. The van der Waals surface area contributed by atoms with Crippen LogP contribution in [0.3, 0.4) is 0 Å². The van der Waals surface area contributed by atoms with Crippen LogP contribution in [0.15, 0.2) is 54.1 Å². The van der Waals surface area contributed by atoms with Crippen LogP contribution in [0.2, 0.25) is 0 Å². The van der Waals surface area contributed by atoms with Gasteiger partial charge in [-0.3, -0.25) is 0 Å². The summed E-state index contributed by atoms with van der Waals surface area (Å²) in [6, 6.07) is 8.65. The third kappa shape index (κ3) is 2.47. The molecular formula is C15H16. The summed E-state index contributed by atoms with van der Waals surface area (Å²) >= 11 is 0. The molecule has 0 heteroatoms. The molecule has 0 heterocycles. The van der Waals surface area contributed by atoms with Crippen molar-refractivity contribution in [2.24, 2.45) is 0 Å². The van der Waals surface area contributed by atoms with E-state index in [1.165, 1.54) is 22.3 Å². The van der Waals surface area contributed by atoms with Gasteiger partial charge in [0.25, 0.3) is 0 Å². The van der Waals surface area contributed by atoms with Gasteiger partial charge in [-0.2, -0.15) is 0 Å². The molecule has 1 aromatic carbocycles. The maximum Gasteiger partial charge on any atom is -0.0154 e. The van der Waals surface area contributed by atoms with Crippen molar-refractivity contribution < 1.29 is 0 Å². The maximum atomic E-state index is 2.28. The molecular weight excluding hydrogens is 180 g/mol. The van der Waals surface area contributed by atoms with Crippen molar-refractivity contribution >= 4 is 5.57 Å². The third-order valence-corrected chi connectivity index (χ3v) is 2.65. The zero-order chi connectivity index (χ0) is 10.7. The average Bonchev–Trinajstić information content (AvgIpc) is 2.43. The van der Waals surface area contributed by atoms with Gasteiger partial charge in [0.2, 0.25) is 0 Å². The number of benzene rings is 1. The third-order valence-electron chi connectivity index (χ3n) is 2.65.